The lowest BCUT2D eigenvalue weighted by Crippen LogP contribution is -2.38. The molecule has 5 nitrogen and oxygen atoms in total. The summed E-state index contributed by atoms with van der Waals surface area (Å²) in [4.78, 5) is 13.9. The van der Waals surface area contributed by atoms with Crippen molar-refractivity contribution in [2.24, 2.45) is 0 Å². The van der Waals surface area contributed by atoms with Gasteiger partial charge in [0.05, 0.1) is 18.8 Å². The lowest BCUT2D eigenvalue weighted by atomic mass is 10.1. The predicted molar refractivity (Wildman–Crippen MR) is 90.0 cm³/mol. The summed E-state index contributed by atoms with van der Waals surface area (Å²) in [5, 5.41) is 13.9. The maximum Gasteiger partial charge on any atom is 0.240 e. The van der Waals surface area contributed by atoms with Crippen LogP contribution in [0.15, 0.2) is 42.7 Å². The molecule has 0 aliphatic heterocycles. The third-order valence-corrected chi connectivity index (χ3v) is 3.81. The van der Waals surface area contributed by atoms with Crippen LogP contribution in [0.3, 0.4) is 0 Å². The highest BCUT2D eigenvalue weighted by atomic mass is 35.5. The SMILES string of the molecule is CCn1cc(C(O)CN(Cc2ccccc2)C(=O)C(C)Cl)cn1. The number of aliphatic hydroxyl groups excluding tert-OH is 1. The molecule has 2 rings (SSSR count). The Morgan fingerprint density at radius 3 is 2.65 bits per heavy atom. The van der Waals surface area contributed by atoms with Gasteiger partial charge in [-0.05, 0) is 19.4 Å². The van der Waals surface area contributed by atoms with Crippen LogP contribution in [-0.4, -0.2) is 37.6 Å². The normalized spacial score (nSPS) is 13.6. The second-order valence-corrected chi connectivity index (χ2v) is 6.12. The quantitative estimate of drug-likeness (QED) is 0.791. The highest BCUT2D eigenvalue weighted by Gasteiger charge is 2.23. The molecule has 0 aliphatic carbocycles. The minimum Gasteiger partial charge on any atom is -0.386 e. The van der Waals surface area contributed by atoms with Gasteiger partial charge in [0, 0.05) is 24.8 Å². The van der Waals surface area contributed by atoms with E-state index < -0.39 is 11.5 Å². The lowest BCUT2D eigenvalue weighted by Gasteiger charge is -2.26. The number of rotatable bonds is 7. The largest absolute Gasteiger partial charge is 0.386 e. The summed E-state index contributed by atoms with van der Waals surface area (Å²) in [5.41, 5.74) is 1.69. The molecule has 1 N–H and O–H groups in total. The molecule has 1 aromatic heterocycles. The van der Waals surface area contributed by atoms with E-state index in [9.17, 15) is 9.90 Å². The van der Waals surface area contributed by atoms with Crippen LogP contribution in [0.4, 0.5) is 0 Å². The molecular formula is C17H22ClN3O2. The number of alkyl halides is 1. The van der Waals surface area contributed by atoms with Crippen molar-refractivity contribution in [1.82, 2.24) is 14.7 Å². The van der Waals surface area contributed by atoms with Gasteiger partial charge in [0.1, 0.15) is 5.38 Å². The predicted octanol–water partition coefficient (Wildman–Crippen LogP) is 2.59. The van der Waals surface area contributed by atoms with Crippen LogP contribution in [-0.2, 0) is 17.9 Å². The van der Waals surface area contributed by atoms with Gasteiger partial charge in [-0.2, -0.15) is 5.10 Å². The molecule has 2 atom stereocenters. The Morgan fingerprint density at radius 2 is 2.09 bits per heavy atom. The Morgan fingerprint density at radius 1 is 1.39 bits per heavy atom. The molecule has 0 fully saturated rings. The molecule has 1 aromatic carbocycles. The molecule has 124 valence electrons. The van der Waals surface area contributed by atoms with Crippen LogP contribution >= 0.6 is 11.6 Å². The van der Waals surface area contributed by atoms with Crippen LogP contribution < -0.4 is 0 Å². The van der Waals surface area contributed by atoms with Crippen LogP contribution in [0, 0.1) is 0 Å². The number of aromatic nitrogens is 2. The third-order valence-electron chi connectivity index (χ3n) is 3.62. The molecule has 0 saturated carbocycles. The Hall–Kier alpha value is -1.85. The van der Waals surface area contributed by atoms with Crippen molar-refractivity contribution in [3.8, 4) is 0 Å². The summed E-state index contributed by atoms with van der Waals surface area (Å²) in [6.07, 6.45) is 2.63. The molecule has 0 aliphatic rings. The Labute approximate surface area is 141 Å². The third kappa shape index (κ3) is 4.81. The number of nitrogens with zero attached hydrogens (tertiary/aromatic N) is 3. The minimum absolute atomic E-state index is 0.181. The van der Waals surface area contributed by atoms with Crippen LogP contribution in [0.25, 0.3) is 0 Å². The number of hydrogen-bond acceptors (Lipinski definition) is 3. The van der Waals surface area contributed by atoms with Gasteiger partial charge < -0.3 is 10.0 Å². The smallest absolute Gasteiger partial charge is 0.240 e. The van der Waals surface area contributed by atoms with E-state index in [0.29, 0.717) is 12.1 Å². The maximum atomic E-state index is 12.3. The monoisotopic (exact) mass is 335 g/mol. The molecule has 2 aromatic rings. The standard InChI is InChI=1S/C17H22ClN3O2/c1-3-21-11-15(9-19-21)16(22)12-20(17(23)13(2)18)10-14-7-5-4-6-8-14/h4-9,11,13,16,22H,3,10,12H2,1-2H3. The molecule has 23 heavy (non-hydrogen) atoms. The summed E-state index contributed by atoms with van der Waals surface area (Å²) < 4.78 is 1.74. The van der Waals surface area contributed by atoms with Crippen molar-refractivity contribution in [2.75, 3.05) is 6.54 Å². The second-order valence-electron chi connectivity index (χ2n) is 5.47. The molecule has 6 heteroatoms. The van der Waals surface area contributed by atoms with Gasteiger partial charge >= 0.3 is 0 Å². The molecular weight excluding hydrogens is 314 g/mol. The first-order valence-corrected chi connectivity index (χ1v) is 8.12. The van der Waals surface area contributed by atoms with Crippen LogP contribution in [0.2, 0.25) is 0 Å². The zero-order valence-electron chi connectivity index (χ0n) is 13.4. The fraction of sp³-hybridized carbons (Fsp3) is 0.412. The van der Waals surface area contributed by atoms with Crippen molar-refractivity contribution in [3.63, 3.8) is 0 Å². The second kappa shape index (κ2) is 8.13. The topological polar surface area (TPSA) is 58.4 Å². The van der Waals surface area contributed by atoms with Crippen molar-refractivity contribution in [3.05, 3.63) is 53.9 Å². The number of carbonyl (C=O) groups excluding carboxylic acids is 1. The van der Waals surface area contributed by atoms with E-state index in [0.717, 1.165) is 12.1 Å². The van der Waals surface area contributed by atoms with Gasteiger partial charge in [-0.25, -0.2) is 0 Å². The molecule has 0 radical (unpaired) electrons. The molecule has 0 bridgehead atoms. The van der Waals surface area contributed by atoms with E-state index in [1.807, 2.05) is 37.3 Å². The summed E-state index contributed by atoms with van der Waals surface area (Å²) in [6.45, 7) is 4.95. The number of hydrogen-bond donors (Lipinski definition) is 1. The first-order chi connectivity index (χ1) is 11.0. The highest BCUT2D eigenvalue weighted by molar-refractivity contribution is 6.30. The van der Waals surface area contributed by atoms with E-state index in [1.54, 1.807) is 28.9 Å². The number of benzene rings is 1. The number of carbonyl (C=O) groups is 1. The van der Waals surface area contributed by atoms with Gasteiger partial charge in [-0.3, -0.25) is 9.48 Å². The minimum atomic E-state index is -0.793. The van der Waals surface area contributed by atoms with Crippen molar-refractivity contribution >= 4 is 17.5 Å². The molecule has 1 heterocycles. The highest BCUT2D eigenvalue weighted by Crippen LogP contribution is 2.17. The number of aliphatic hydroxyl groups is 1. The number of halogens is 1. The summed E-state index contributed by atoms with van der Waals surface area (Å²) in [6, 6.07) is 9.66. The van der Waals surface area contributed by atoms with Crippen LogP contribution in [0.1, 0.15) is 31.1 Å². The Kier molecular flexibility index (Phi) is 6.19. The number of aryl methyl sites for hydroxylation is 1. The summed E-state index contributed by atoms with van der Waals surface area (Å²) in [5.74, 6) is -0.197. The molecule has 1 amide bonds. The fourth-order valence-corrected chi connectivity index (χ4v) is 2.46. The fourth-order valence-electron chi connectivity index (χ4n) is 2.33. The zero-order chi connectivity index (χ0) is 16.8. The molecule has 0 spiro atoms. The van der Waals surface area contributed by atoms with E-state index in [4.69, 9.17) is 11.6 Å². The van der Waals surface area contributed by atoms with Gasteiger partial charge in [-0.1, -0.05) is 30.3 Å². The zero-order valence-corrected chi connectivity index (χ0v) is 14.1. The average molecular weight is 336 g/mol. The first-order valence-electron chi connectivity index (χ1n) is 7.68. The maximum absolute atomic E-state index is 12.3. The summed E-state index contributed by atoms with van der Waals surface area (Å²) in [7, 11) is 0. The average Bonchev–Trinajstić information content (AvgIpc) is 3.03. The van der Waals surface area contributed by atoms with E-state index in [-0.39, 0.29) is 12.5 Å². The van der Waals surface area contributed by atoms with Crippen molar-refractivity contribution in [2.45, 2.75) is 38.4 Å². The van der Waals surface area contributed by atoms with Gasteiger partial charge in [0.15, 0.2) is 0 Å². The van der Waals surface area contributed by atoms with Gasteiger partial charge in [0.2, 0.25) is 5.91 Å². The Balaban J connectivity index is 2.11. The first kappa shape index (κ1) is 17.5. The summed E-state index contributed by atoms with van der Waals surface area (Å²) >= 11 is 5.96. The van der Waals surface area contributed by atoms with Crippen LogP contribution in [0.5, 0.6) is 0 Å². The van der Waals surface area contributed by atoms with Crippen molar-refractivity contribution < 1.29 is 9.90 Å². The van der Waals surface area contributed by atoms with Crippen molar-refractivity contribution in [1.29, 1.82) is 0 Å². The Bertz CT molecular complexity index is 628. The molecule has 2 unspecified atom stereocenters. The number of amides is 1. The van der Waals surface area contributed by atoms with E-state index in [1.165, 1.54) is 0 Å². The van der Waals surface area contributed by atoms with Gasteiger partial charge in [0.25, 0.3) is 0 Å². The van der Waals surface area contributed by atoms with Gasteiger partial charge in [-0.15, -0.1) is 11.6 Å². The van der Waals surface area contributed by atoms with E-state index >= 15 is 0 Å². The molecule has 0 saturated heterocycles. The lowest BCUT2D eigenvalue weighted by molar-refractivity contribution is -0.132. The van der Waals surface area contributed by atoms with E-state index in [2.05, 4.69) is 5.10 Å².